The van der Waals surface area contributed by atoms with Crippen LogP contribution in [0.5, 0.6) is 17.2 Å². The fourth-order valence-corrected chi connectivity index (χ4v) is 8.69. The zero-order valence-corrected chi connectivity index (χ0v) is 22.9. The van der Waals surface area contributed by atoms with Crippen LogP contribution in [0.2, 0.25) is 0 Å². The molecule has 11 heteroatoms. The number of halogens is 1. The molecule has 1 amide bonds. The lowest BCUT2D eigenvalue weighted by atomic mass is 10.1. The van der Waals surface area contributed by atoms with Gasteiger partial charge in [-0.2, -0.15) is 4.99 Å². The first-order valence-corrected chi connectivity index (χ1v) is 14.7. The van der Waals surface area contributed by atoms with Crippen LogP contribution in [-0.2, 0) is 21.1 Å². The first-order chi connectivity index (χ1) is 16.8. The van der Waals surface area contributed by atoms with E-state index in [2.05, 4.69) is 20.9 Å². The second kappa shape index (κ2) is 10.8. The Bertz CT molecular complexity index is 1250. The number of methoxy groups -OCH3 is 1. The van der Waals surface area contributed by atoms with Crippen LogP contribution in [0.4, 0.5) is 5.69 Å². The molecule has 2 aliphatic heterocycles. The van der Waals surface area contributed by atoms with Crippen molar-refractivity contribution in [1.82, 2.24) is 0 Å². The van der Waals surface area contributed by atoms with Gasteiger partial charge in [0.05, 0.1) is 50.0 Å². The van der Waals surface area contributed by atoms with E-state index in [1.807, 2.05) is 43.0 Å². The maximum absolute atomic E-state index is 13.0. The molecule has 0 N–H and O–H groups in total. The van der Waals surface area contributed by atoms with Gasteiger partial charge in [0.2, 0.25) is 0 Å². The van der Waals surface area contributed by atoms with E-state index in [0.717, 1.165) is 5.56 Å². The number of amidine groups is 1. The third kappa shape index (κ3) is 5.62. The Morgan fingerprint density at radius 3 is 2.49 bits per heavy atom. The smallest absolute Gasteiger partial charge is 0.252 e. The summed E-state index contributed by atoms with van der Waals surface area (Å²) < 4.78 is 42.4. The molecule has 2 saturated heterocycles. The number of anilines is 1. The molecule has 2 heterocycles. The highest BCUT2D eigenvalue weighted by molar-refractivity contribution is 9.10. The fraction of sp³-hybridized carbons (Fsp3) is 0.417. The van der Waals surface area contributed by atoms with Crippen molar-refractivity contribution in [3.63, 3.8) is 0 Å². The van der Waals surface area contributed by atoms with Gasteiger partial charge in [0, 0.05) is 27.4 Å². The number of aliphatic imine (C=N–C) groups is 1. The fourth-order valence-electron chi connectivity index (χ4n) is 4.25. The van der Waals surface area contributed by atoms with Gasteiger partial charge in [0.25, 0.3) is 5.91 Å². The molecule has 0 aliphatic carbocycles. The molecule has 0 unspecified atom stereocenters. The summed E-state index contributed by atoms with van der Waals surface area (Å²) in [4.78, 5) is 19.3. The lowest BCUT2D eigenvalue weighted by molar-refractivity contribution is -0.117. The van der Waals surface area contributed by atoms with Crippen LogP contribution in [-0.4, -0.2) is 62.6 Å². The zero-order chi connectivity index (χ0) is 25.2. The van der Waals surface area contributed by atoms with Gasteiger partial charge in [0.15, 0.2) is 26.5 Å². The molecular formula is C24H27BrN2O6S2. The van der Waals surface area contributed by atoms with E-state index in [1.54, 1.807) is 19.2 Å². The summed E-state index contributed by atoms with van der Waals surface area (Å²) in [7, 11) is -1.64. The number of benzene rings is 2. The number of amides is 1. The third-order valence-corrected chi connectivity index (χ3v) is 9.54. The minimum Gasteiger partial charge on any atom is -0.496 e. The molecule has 2 atom stereocenters. The number of hydrogen-bond acceptors (Lipinski definition) is 7. The molecule has 0 aromatic heterocycles. The second-order valence-electron chi connectivity index (χ2n) is 8.06. The number of hydrogen-bond donors (Lipinski definition) is 0. The van der Waals surface area contributed by atoms with Crippen molar-refractivity contribution in [3.8, 4) is 17.2 Å². The minimum absolute atomic E-state index is 0.00595. The number of sulfone groups is 1. The highest BCUT2D eigenvalue weighted by Gasteiger charge is 2.50. The molecular weight excluding hydrogens is 556 g/mol. The average molecular weight is 584 g/mol. The molecule has 0 bridgehead atoms. The van der Waals surface area contributed by atoms with Crippen molar-refractivity contribution < 1.29 is 27.4 Å². The Labute approximate surface area is 218 Å². The Kier molecular flexibility index (Phi) is 7.97. The molecule has 4 rings (SSSR count). The van der Waals surface area contributed by atoms with Crippen LogP contribution in [0.25, 0.3) is 0 Å². The summed E-state index contributed by atoms with van der Waals surface area (Å²) in [5.41, 5.74) is 1.42. The molecule has 8 nitrogen and oxygen atoms in total. The number of para-hydroxylation sites is 1. The van der Waals surface area contributed by atoms with Crippen LogP contribution < -0.4 is 19.1 Å². The highest BCUT2D eigenvalue weighted by Crippen LogP contribution is 2.46. The van der Waals surface area contributed by atoms with Gasteiger partial charge in [-0.3, -0.25) is 4.79 Å². The lowest BCUT2D eigenvalue weighted by Gasteiger charge is -2.27. The quantitative estimate of drug-likeness (QED) is 0.459. The summed E-state index contributed by atoms with van der Waals surface area (Å²) in [5.74, 6) is 1.45. The van der Waals surface area contributed by atoms with Crippen molar-refractivity contribution in [3.05, 3.63) is 46.4 Å². The molecule has 2 fully saturated rings. The van der Waals surface area contributed by atoms with Crippen LogP contribution in [0.1, 0.15) is 19.4 Å². The second-order valence-corrected chi connectivity index (χ2v) is 12.3. The van der Waals surface area contributed by atoms with Gasteiger partial charge in [-0.25, -0.2) is 8.42 Å². The predicted octanol–water partition coefficient (Wildman–Crippen LogP) is 4.10. The minimum atomic E-state index is -3.20. The van der Waals surface area contributed by atoms with Crippen LogP contribution >= 0.6 is 27.7 Å². The number of nitrogens with zero attached hydrogens (tertiary/aromatic N) is 2. The summed E-state index contributed by atoms with van der Waals surface area (Å²) in [6.07, 6.45) is 0.0736. The standard InChI is InChI=1S/C24H27BrN2O6S2/c1-4-32-20-11-16(25)17(12-21(20)33-5-2)27-18-13-35(29,30)14-22(18)34-24(27)26-23(28)10-15-8-6-7-9-19(15)31-3/h6-9,11-12,18,22H,4-5,10,13-14H2,1-3H3/t18-,22+/m1/s1. The lowest BCUT2D eigenvalue weighted by Crippen LogP contribution is -2.38. The Balaban J connectivity index is 1.73. The molecule has 0 saturated carbocycles. The Hall–Kier alpha value is -2.24. The van der Waals surface area contributed by atoms with E-state index in [9.17, 15) is 13.2 Å². The van der Waals surface area contributed by atoms with E-state index in [4.69, 9.17) is 14.2 Å². The van der Waals surface area contributed by atoms with Crippen molar-refractivity contribution >= 4 is 54.3 Å². The van der Waals surface area contributed by atoms with Gasteiger partial charge in [0.1, 0.15) is 5.75 Å². The summed E-state index contributed by atoms with van der Waals surface area (Å²) in [5, 5.41) is 0.258. The molecule has 2 aromatic carbocycles. The van der Waals surface area contributed by atoms with Gasteiger partial charge in [-0.15, -0.1) is 0 Å². The van der Waals surface area contributed by atoms with Gasteiger partial charge >= 0.3 is 0 Å². The average Bonchev–Trinajstić information content (AvgIpc) is 3.27. The summed E-state index contributed by atoms with van der Waals surface area (Å²) >= 11 is 4.94. The maximum Gasteiger partial charge on any atom is 0.252 e. The normalized spacial score (nSPS) is 21.7. The molecule has 0 radical (unpaired) electrons. The number of thioether (sulfide) groups is 1. The largest absolute Gasteiger partial charge is 0.496 e. The third-order valence-electron chi connectivity index (χ3n) is 5.69. The Morgan fingerprint density at radius 2 is 1.80 bits per heavy atom. The van der Waals surface area contributed by atoms with E-state index >= 15 is 0 Å². The molecule has 2 aliphatic rings. The molecule has 0 spiro atoms. The van der Waals surface area contributed by atoms with E-state index < -0.39 is 9.84 Å². The SMILES string of the molecule is CCOc1cc(Br)c(N2C(=NC(=O)Cc3ccccc3OC)S[C@H]3CS(=O)(=O)C[C@H]32)cc1OCC. The maximum atomic E-state index is 13.0. The van der Waals surface area contributed by atoms with Crippen LogP contribution in [0.3, 0.4) is 0 Å². The molecule has 35 heavy (non-hydrogen) atoms. The number of carbonyl (C=O) groups excluding carboxylic acids is 1. The highest BCUT2D eigenvalue weighted by atomic mass is 79.9. The Morgan fingerprint density at radius 1 is 1.11 bits per heavy atom. The molecule has 188 valence electrons. The van der Waals surface area contributed by atoms with Crippen LogP contribution in [0, 0.1) is 0 Å². The zero-order valence-electron chi connectivity index (χ0n) is 19.7. The van der Waals surface area contributed by atoms with Gasteiger partial charge in [-0.1, -0.05) is 30.0 Å². The van der Waals surface area contributed by atoms with Gasteiger partial charge < -0.3 is 19.1 Å². The summed E-state index contributed by atoms with van der Waals surface area (Å²) in [6.45, 7) is 4.68. The summed E-state index contributed by atoms with van der Waals surface area (Å²) in [6, 6.07) is 10.6. The monoisotopic (exact) mass is 582 g/mol. The first-order valence-electron chi connectivity index (χ1n) is 11.2. The topological polar surface area (TPSA) is 94.5 Å². The van der Waals surface area contributed by atoms with Crippen molar-refractivity contribution in [2.24, 2.45) is 4.99 Å². The number of carbonyl (C=O) groups is 1. The van der Waals surface area contributed by atoms with E-state index in [-0.39, 0.29) is 35.1 Å². The van der Waals surface area contributed by atoms with Gasteiger partial charge in [-0.05, 0) is 35.8 Å². The number of fused-ring (bicyclic) bond motifs is 1. The van der Waals surface area contributed by atoms with E-state index in [1.165, 1.54) is 11.8 Å². The molecule has 2 aromatic rings. The van der Waals surface area contributed by atoms with E-state index in [0.29, 0.717) is 45.8 Å². The van der Waals surface area contributed by atoms with Crippen molar-refractivity contribution in [2.45, 2.75) is 31.6 Å². The predicted molar refractivity (Wildman–Crippen MR) is 142 cm³/mol. The number of ether oxygens (including phenoxy) is 3. The first kappa shape index (κ1) is 25.8. The number of rotatable bonds is 8. The van der Waals surface area contributed by atoms with Crippen molar-refractivity contribution in [1.29, 1.82) is 0 Å². The van der Waals surface area contributed by atoms with Crippen LogP contribution in [0.15, 0.2) is 45.9 Å². The van der Waals surface area contributed by atoms with Crippen molar-refractivity contribution in [2.75, 3.05) is 36.7 Å².